The summed E-state index contributed by atoms with van der Waals surface area (Å²) in [4.78, 5) is 20.1. The van der Waals surface area contributed by atoms with Crippen LogP contribution < -0.4 is 5.32 Å². The highest BCUT2D eigenvalue weighted by atomic mass is 79.9. The Bertz CT molecular complexity index is 762. The lowest BCUT2D eigenvalue weighted by molar-refractivity contribution is 0.0682. The predicted molar refractivity (Wildman–Crippen MR) is 94.6 cm³/mol. The maximum absolute atomic E-state index is 13.3. The average Bonchev–Trinajstić information content (AvgIpc) is 2.79. The van der Waals surface area contributed by atoms with Crippen LogP contribution in [0, 0.1) is 6.92 Å². The van der Waals surface area contributed by atoms with Crippen LogP contribution in [-0.2, 0) is 0 Å². The summed E-state index contributed by atoms with van der Waals surface area (Å²) in [5.41, 5.74) is 2.56. The van der Waals surface area contributed by atoms with Gasteiger partial charge in [0.2, 0.25) is 0 Å². The quantitative estimate of drug-likeness (QED) is 0.834. The molecule has 2 bridgehead atoms. The van der Waals surface area contributed by atoms with Gasteiger partial charge in [-0.2, -0.15) is 0 Å². The van der Waals surface area contributed by atoms with Crippen molar-refractivity contribution in [2.24, 2.45) is 0 Å². The molecule has 0 spiro atoms. The molecule has 2 atom stereocenters. The lowest BCUT2D eigenvalue weighted by atomic mass is 10.1. The van der Waals surface area contributed by atoms with Crippen LogP contribution in [0.3, 0.4) is 0 Å². The fraction of sp³-hybridized carbons (Fsp3) is 0.444. The number of amides is 1. The van der Waals surface area contributed by atoms with E-state index in [0.29, 0.717) is 12.1 Å². The molecule has 1 aromatic carbocycles. The number of pyridine rings is 1. The number of carbonyl (C=O) groups is 1. The number of halogens is 1. The summed E-state index contributed by atoms with van der Waals surface area (Å²) in [5.74, 6) is 0.162. The van der Waals surface area contributed by atoms with E-state index in [1.807, 2.05) is 31.2 Å². The van der Waals surface area contributed by atoms with Gasteiger partial charge in [-0.1, -0.05) is 15.9 Å². The van der Waals surface area contributed by atoms with Crippen LogP contribution in [0.2, 0.25) is 0 Å². The maximum atomic E-state index is 13.3. The van der Waals surface area contributed by atoms with Gasteiger partial charge in [-0.25, -0.2) is 0 Å². The minimum atomic E-state index is 0.162. The molecule has 3 heterocycles. The van der Waals surface area contributed by atoms with E-state index < -0.39 is 0 Å². The first-order valence-electron chi connectivity index (χ1n) is 8.24. The number of nitrogens with one attached hydrogen (secondary N) is 1. The van der Waals surface area contributed by atoms with Gasteiger partial charge < -0.3 is 10.2 Å². The standard InChI is InChI=1S/C18H20BrN3O/c1-11-8-16(15-9-12(19)2-5-17(15)21-11)18(23)22-13-3-4-14(22)10-20-7-6-13/h2,5,8-9,13-14,20H,3-4,6-7,10H2,1H3. The van der Waals surface area contributed by atoms with Crippen molar-refractivity contribution < 1.29 is 4.79 Å². The number of aryl methyl sites for hydroxylation is 1. The number of aromatic nitrogens is 1. The number of carbonyl (C=O) groups excluding carboxylic acids is 1. The van der Waals surface area contributed by atoms with Crippen molar-refractivity contribution in [1.82, 2.24) is 15.2 Å². The summed E-state index contributed by atoms with van der Waals surface area (Å²) in [5, 5.41) is 4.40. The number of benzene rings is 1. The Morgan fingerprint density at radius 2 is 2.09 bits per heavy atom. The van der Waals surface area contributed by atoms with Crippen molar-refractivity contribution in [2.45, 2.75) is 38.3 Å². The van der Waals surface area contributed by atoms with Crippen LogP contribution in [0.15, 0.2) is 28.7 Å². The van der Waals surface area contributed by atoms with Crippen molar-refractivity contribution >= 4 is 32.7 Å². The number of fused-ring (bicyclic) bond motifs is 3. The molecule has 4 rings (SSSR count). The molecular formula is C18H20BrN3O. The van der Waals surface area contributed by atoms with Gasteiger partial charge in [-0.05, 0) is 57.0 Å². The largest absolute Gasteiger partial charge is 0.331 e. The molecule has 2 aliphatic heterocycles. The molecule has 1 aromatic heterocycles. The summed E-state index contributed by atoms with van der Waals surface area (Å²) < 4.78 is 0.977. The Morgan fingerprint density at radius 3 is 2.96 bits per heavy atom. The van der Waals surface area contributed by atoms with Gasteiger partial charge in [0.1, 0.15) is 0 Å². The Kier molecular flexibility index (Phi) is 3.85. The molecule has 1 N–H and O–H groups in total. The van der Waals surface area contributed by atoms with E-state index in [1.165, 1.54) is 0 Å². The molecule has 0 radical (unpaired) electrons. The van der Waals surface area contributed by atoms with E-state index in [1.54, 1.807) is 0 Å². The van der Waals surface area contributed by atoms with Gasteiger partial charge in [-0.15, -0.1) is 0 Å². The van der Waals surface area contributed by atoms with Crippen LogP contribution >= 0.6 is 15.9 Å². The fourth-order valence-electron chi connectivity index (χ4n) is 3.96. The van der Waals surface area contributed by atoms with Crippen LogP contribution in [0.4, 0.5) is 0 Å². The van der Waals surface area contributed by atoms with Crippen LogP contribution in [0.5, 0.6) is 0 Å². The zero-order chi connectivity index (χ0) is 16.0. The number of rotatable bonds is 1. The molecule has 4 nitrogen and oxygen atoms in total. The summed E-state index contributed by atoms with van der Waals surface area (Å²) in [6.07, 6.45) is 3.28. The summed E-state index contributed by atoms with van der Waals surface area (Å²) in [6.45, 7) is 3.87. The summed E-state index contributed by atoms with van der Waals surface area (Å²) in [7, 11) is 0. The second kappa shape index (κ2) is 5.87. The van der Waals surface area contributed by atoms with Gasteiger partial charge in [0, 0.05) is 34.2 Å². The molecule has 1 amide bonds. The molecule has 120 valence electrons. The minimum Gasteiger partial charge on any atom is -0.331 e. The third kappa shape index (κ3) is 2.66. The Labute approximate surface area is 144 Å². The Morgan fingerprint density at radius 1 is 1.26 bits per heavy atom. The number of hydrogen-bond acceptors (Lipinski definition) is 3. The second-order valence-electron chi connectivity index (χ2n) is 6.56. The van der Waals surface area contributed by atoms with E-state index >= 15 is 0 Å². The maximum Gasteiger partial charge on any atom is 0.255 e. The van der Waals surface area contributed by atoms with Crippen molar-refractivity contribution in [1.29, 1.82) is 0 Å². The first-order chi connectivity index (χ1) is 11.1. The topological polar surface area (TPSA) is 45.2 Å². The van der Waals surface area contributed by atoms with Gasteiger partial charge in [0.25, 0.3) is 5.91 Å². The zero-order valence-electron chi connectivity index (χ0n) is 13.2. The van der Waals surface area contributed by atoms with E-state index in [-0.39, 0.29) is 5.91 Å². The van der Waals surface area contributed by atoms with Crippen LogP contribution in [0.25, 0.3) is 10.9 Å². The summed E-state index contributed by atoms with van der Waals surface area (Å²) in [6, 6.07) is 8.59. The molecule has 2 saturated heterocycles. The molecule has 5 heteroatoms. The molecule has 2 aromatic rings. The van der Waals surface area contributed by atoms with Crippen molar-refractivity contribution in [3.8, 4) is 0 Å². The van der Waals surface area contributed by atoms with Crippen molar-refractivity contribution in [3.63, 3.8) is 0 Å². The van der Waals surface area contributed by atoms with E-state index in [2.05, 4.69) is 31.1 Å². The Balaban J connectivity index is 1.82. The smallest absolute Gasteiger partial charge is 0.255 e. The number of hydrogen-bond donors (Lipinski definition) is 1. The first-order valence-corrected chi connectivity index (χ1v) is 9.03. The molecule has 23 heavy (non-hydrogen) atoms. The van der Waals surface area contributed by atoms with Crippen molar-refractivity contribution in [3.05, 3.63) is 40.0 Å². The highest BCUT2D eigenvalue weighted by Gasteiger charge is 2.38. The Hall–Kier alpha value is -1.46. The van der Waals surface area contributed by atoms with Gasteiger partial charge >= 0.3 is 0 Å². The van der Waals surface area contributed by atoms with Gasteiger partial charge in [0.05, 0.1) is 11.1 Å². The lowest BCUT2D eigenvalue weighted by Gasteiger charge is -2.28. The van der Waals surface area contributed by atoms with E-state index in [0.717, 1.165) is 59.0 Å². The fourth-order valence-corrected chi connectivity index (χ4v) is 4.32. The van der Waals surface area contributed by atoms with Crippen LogP contribution in [0.1, 0.15) is 35.3 Å². The second-order valence-corrected chi connectivity index (χ2v) is 7.48. The predicted octanol–water partition coefficient (Wildman–Crippen LogP) is 3.27. The van der Waals surface area contributed by atoms with Gasteiger partial charge in [-0.3, -0.25) is 9.78 Å². The normalized spacial score (nSPS) is 24.0. The molecule has 2 unspecified atom stereocenters. The van der Waals surface area contributed by atoms with Crippen LogP contribution in [-0.4, -0.2) is 41.0 Å². The van der Waals surface area contributed by atoms with Gasteiger partial charge in [0.15, 0.2) is 0 Å². The lowest BCUT2D eigenvalue weighted by Crippen LogP contribution is -2.42. The van der Waals surface area contributed by atoms with Crippen molar-refractivity contribution in [2.75, 3.05) is 13.1 Å². The first kappa shape index (κ1) is 15.1. The molecule has 2 aliphatic rings. The molecule has 0 saturated carbocycles. The average molecular weight is 374 g/mol. The molecular weight excluding hydrogens is 354 g/mol. The third-order valence-electron chi connectivity index (χ3n) is 5.02. The SMILES string of the molecule is Cc1cc(C(=O)N2C3CCNCC2CC3)c2cc(Br)ccc2n1. The molecule has 2 fully saturated rings. The summed E-state index contributed by atoms with van der Waals surface area (Å²) >= 11 is 3.52. The zero-order valence-corrected chi connectivity index (χ0v) is 14.8. The minimum absolute atomic E-state index is 0.162. The van der Waals surface area contributed by atoms with E-state index in [4.69, 9.17) is 0 Å². The molecule has 0 aliphatic carbocycles. The highest BCUT2D eigenvalue weighted by Crippen LogP contribution is 2.32. The third-order valence-corrected chi connectivity index (χ3v) is 5.51. The number of nitrogens with zero attached hydrogens (tertiary/aromatic N) is 2. The monoisotopic (exact) mass is 373 g/mol. The highest BCUT2D eigenvalue weighted by molar-refractivity contribution is 9.10. The van der Waals surface area contributed by atoms with E-state index in [9.17, 15) is 4.79 Å².